The summed E-state index contributed by atoms with van der Waals surface area (Å²) in [6, 6.07) is 4.12. The van der Waals surface area contributed by atoms with E-state index in [1.807, 2.05) is 12.4 Å². The lowest BCUT2D eigenvalue weighted by molar-refractivity contribution is 0.413. The van der Waals surface area contributed by atoms with Gasteiger partial charge in [0.2, 0.25) is 0 Å². The summed E-state index contributed by atoms with van der Waals surface area (Å²) >= 11 is 0. The lowest BCUT2D eigenvalue weighted by Crippen LogP contribution is -2.14. The van der Waals surface area contributed by atoms with Crippen molar-refractivity contribution in [2.24, 2.45) is 0 Å². The molecule has 0 aromatic carbocycles. The Balaban J connectivity index is 2.39. The summed E-state index contributed by atoms with van der Waals surface area (Å²) in [6.07, 6.45) is 4.78. The molecule has 0 spiro atoms. The van der Waals surface area contributed by atoms with E-state index in [0.29, 0.717) is 0 Å². The summed E-state index contributed by atoms with van der Waals surface area (Å²) in [7, 11) is 4.17. The van der Waals surface area contributed by atoms with E-state index in [1.165, 1.54) is 5.56 Å². The first-order valence-corrected chi connectivity index (χ1v) is 3.82. The van der Waals surface area contributed by atoms with E-state index in [2.05, 4.69) is 36.1 Å². The standard InChI is InChI=1S/C9H14N2/c1-11(2)8-5-9-3-6-10-7-4-9/h3-4,6-7H,5,8H2,1-2H3. The number of nitrogens with zero attached hydrogens (tertiary/aromatic N) is 2. The van der Waals surface area contributed by atoms with Gasteiger partial charge in [-0.2, -0.15) is 0 Å². The molecule has 0 unspecified atom stereocenters. The summed E-state index contributed by atoms with van der Waals surface area (Å²) < 4.78 is 0. The third-order valence-corrected chi connectivity index (χ3v) is 1.60. The van der Waals surface area contributed by atoms with Crippen molar-refractivity contribution in [2.75, 3.05) is 20.6 Å². The van der Waals surface area contributed by atoms with Crippen molar-refractivity contribution in [3.8, 4) is 0 Å². The number of likely N-dealkylation sites (N-methyl/N-ethyl adjacent to an activating group) is 1. The fourth-order valence-electron chi connectivity index (χ4n) is 0.902. The Hall–Kier alpha value is -0.890. The molecule has 0 amide bonds. The molecular formula is C9H14N2. The first-order valence-electron chi connectivity index (χ1n) is 3.82. The third-order valence-electron chi connectivity index (χ3n) is 1.60. The highest BCUT2D eigenvalue weighted by Gasteiger charge is 1.92. The molecule has 1 heterocycles. The summed E-state index contributed by atoms with van der Waals surface area (Å²) in [5, 5.41) is 0. The molecule has 0 saturated carbocycles. The molecule has 0 aliphatic rings. The second-order valence-corrected chi connectivity index (χ2v) is 2.91. The van der Waals surface area contributed by atoms with Crippen LogP contribution in [0.25, 0.3) is 0 Å². The van der Waals surface area contributed by atoms with Crippen LogP contribution in [0.1, 0.15) is 5.56 Å². The smallest absolute Gasteiger partial charge is 0.0270 e. The van der Waals surface area contributed by atoms with Gasteiger partial charge in [-0.15, -0.1) is 0 Å². The molecule has 1 aromatic heterocycles. The molecule has 2 heteroatoms. The summed E-state index contributed by atoms with van der Waals surface area (Å²) in [5.74, 6) is 0. The average molecular weight is 150 g/mol. The molecule has 0 fully saturated rings. The molecule has 60 valence electrons. The molecular weight excluding hydrogens is 136 g/mol. The van der Waals surface area contributed by atoms with E-state index in [0.717, 1.165) is 13.0 Å². The Bertz CT molecular complexity index is 194. The Labute approximate surface area is 67.9 Å². The quantitative estimate of drug-likeness (QED) is 0.643. The second-order valence-electron chi connectivity index (χ2n) is 2.91. The van der Waals surface area contributed by atoms with Crippen LogP contribution in [-0.4, -0.2) is 30.5 Å². The molecule has 11 heavy (non-hydrogen) atoms. The van der Waals surface area contributed by atoms with Crippen LogP contribution in [0.4, 0.5) is 0 Å². The van der Waals surface area contributed by atoms with Crippen LogP contribution in [0, 0.1) is 0 Å². The van der Waals surface area contributed by atoms with Crippen LogP contribution >= 0.6 is 0 Å². The van der Waals surface area contributed by atoms with Gasteiger partial charge in [-0.1, -0.05) is 0 Å². The van der Waals surface area contributed by atoms with Crippen molar-refractivity contribution in [3.63, 3.8) is 0 Å². The molecule has 0 saturated heterocycles. The van der Waals surface area contributed by atoms with Crippen molar-refractivity contribution < 1.29 is 0 Å². The van der Waals surface area contributed by atoms with E-state index in [-0.39, 0.29) is 0 Å². The van der Waals surface area contributed by atoms with Crippen molar-refractivity contribution in [1.29, 1.82) is 0 Å². The molecule has 0 radical (unpaired) electrons. The summed E-state index contributed by atoms with van der Waals surface area (Å²) in [5.41, 5.74) is 1.36. The van der Waals surface area contributed by atoms with Gasteiger partial charge in [0.15, 0.2) is 0 Å². The fraction of sp³-hybridized carbons (Fsp3) is 0.444. The van der Waals surface area contributed by atoms with Crippen LogP contribution in [-0.2, 0) is 6.42 Å². The number of pyridine rings is 1. The van der Waals surface area contributed by atoms with Gasteiger partial charge in [-0.25, -0.2) is 0 Å². The minimum Gasteiger partial charge on any atom is -0.309 e. The largest absolute Gasteiger partial charge is 0.309 e. The first kappa shape index (κ1) is 8.21. The van der Waals surface area contributed by atoms with E-state index < -0.39 is 0 Å². The highest BCUT2D eigenvalue weighted by atomic mass is 15.0. The van der Waals surface area contributed by atoms with Crippen LogP contribution in [0.15, 0.2) is 24.5 Å². The van der Waals surface area contributed by atoms with Crippen molar-refractivity contribution in [3.05, 3.63) is 30.1 Å². The van der Waals surface area contributed by atoms with Crippen LogP contribution in [0.5, 0.6) is 0 Å². The predicted molar refractivity (Wildman–Crippen MR) is 46.5 cm³/mol. The van der Waals surface area contributed by atoms with Crippen molar-refractivity contribution >= 4 is 0 Å². The Morgan fingerprint density at radius 3 is 2.45 bits per heavy atom. The maximum Gasteiger partial charge on any atom is 0.0270 e. The molecule has 0 atom stereocenters. The lowest BCUT2D eigenvalue weighted by atomic mass is 10.2. The molecule has 2 nitrogen and oxygen atoms in total. The highest BCUT2D eigenvalue weighted by Crippen LogP contribution is 1.97. The van der Waals surface area contributed by atoms with Gasteiger partial charge >= 0.3 is 0 Å². The van der Waals surface area contributed by atoms with Crippen molar-refractivity contribution in [1.82, 2.24) is 9.88 Å². The van der Waals surface area contributed by atoms with Crippen LogP contribution in [0.2, 0.25) is 0 Å². The van der Waals surface area contributed by atoms with E-state index in [4.69, 9.17) is 0 Å². The van der Waals surface area contributed by atoms with E-state index >= 15 is 0 Å². The average Bonchev–Trinajstić information content (AvgIpc) is 2.03. The molecule has 0 bridgehead atoms. The van der Waals surface area contributed by atoms with Crippen LogP contribution in [0.3, 0.4) is 0 Å². The zero-order chi connectivity index (χ0) is 8.10. The van der Waals surface area contributed by atoms with E-state index in [1.54, 1.807) is 0 Å². The maximum atomic E-state index is 3.96. The van der Waals surface area contributed by atoms with Gasteiger partial charge in [0, 0.05) is 18.9 Å². The Morgan fingerprint density at radius 2 is 1.91 bits per heavy atom. The zero-order valence-electron chi connectivity index (χ0n) is 7.12. The van der Waals surface area contributed by atoms with Gasteiger partial charge in [-0.05, 0) is 38.2 Å². The molecule has 0 aliphatic carbocycles. The van der Waals surface area contributed by atoms with Gasteiger partial charge in [-0.3, -0.25) is 4.98 Å². The Morgan fingerprint density at radius 1 is 1.27 bits per heavy atom. The number of rotatable bonds is 3. The fourth-order valence-corrected chi connectivity index (χ4v) is 0.902. The van der Waals surface area contributed by atoms with Gasteiger partial charge in [0.25, 0.3) is 0 Å². The number of hydrogen-bond donors (Lipinski definition) is 0. The number of aromatic nitrogens is 1. The molecule has 0 N–H and O–H groups in total. The minimum absolute atomic E-state index is 1.10. The van der Waals surface area contributed by atoms with Crippen molar-refractivity contribution in [2.45, 2.75) is 6.42 Å². The van der Waals surface area contributed by atoms with Gasteiger partial charge in [0.1, 0.15) is 0 Å². The van der Waals surface area contributed by atoms with E-state index in [9.17, 15) is 0 Å². The summed E-state index contributed by atoms with van der Waals surface area (Å²) in [4.78, 5) is 6.14. The summed E-state index contributed by atoms with van der Waals surface area (Å²) in [6.45, 7) is 1.10. The second kappa shape index (κ2) is 4.09. The molecule has 1 aromatic rings. The molecule has 0 aliphatic heterocycles. The van der Waals surface area contributed by atoms with Gasteiger partial charge in [0.05, 0.1) is 0 Å². The highest BCUT2D eigenvalue weighted by molar-refractivity contribution is 5.09. The number of hydrogen-bond acceptors (Lipinski definition) is 2. The lowest BCUT2D eigenvalue weighted by Gasteiger charge is -2.08. The normalized spacial score (nSPS) is 10.5. The predicted octanol–water partition coefficient (Wildman–Crippen LogP) is 1.19. The Kier molecular flexibility index (Phi) is 3.05. The topological polar surface area (TPSA) is 16.1 Å². The minimum atomic E-state index is 1.10. The SMILES string of the molecule is CN(C)CCc1ccncc1. The maximum absolute atomic E-state index is 3.96. The first-order chi connectivity index (χ1) is 5.29. The monoisotopic (exact) mass is 150 g/mol. The third kappa shape index (κ3) is 3.14. The molecule has 1 rings (SSSR count). The van der Waals surface area contributed by atoms with Crippen LogP contribution < -0.4 is 0 Å². The van der Waals surface area contributed by atoms with Gasteiger partial charge < -0.3 is 4.90 Å². The zero-order valence-corrected chi connectivity index (χ0v) is 7.12.